The Hall–Kier alpha value is -1.31. The Morgan fingerprint density at radius 1 is 0.882 bits per heavy atom. The van der Waals surface area contributed by atoms with Gasteiger partial charge < -0.3 is 5.73 Å². The van der Waals surface area contributed by atoms with E-state index >= 15 is 0 Å². The molecule has 1 aliphatic carbocycles. The molecule has 2 N–H and O–H groups in total. The zero-order valence-electron chi connectivity index (χ0n) is 9.81. The average Bonchev–Trinajstić information content (AvgIpc) is 2.62. The second-order valence-electron chi connectivity index (χ2n) is 4.63. The van der Waals surface area contributed by atoms with Crippen LogP contribution in [0.2, 0.25) is 0 Å². The van der Waals surface area contributed by atoms with Crippen molar-refractivity contribution >= 4 is 12.4 Å². The summed E-state index contributed by atoms with van der Waals surface area (Å²) in [5.41, 5.74) is 11.4. The number of benzene rings is 2. The molecule has 0 saturated carbocycles. The highest BCUT2D eigenvalue weighted by Gasteiger charge is 2.37. The van der Waals surface area contributed by atoms with Gasteiger partial charge in [0, 0.05) is 12.0 Å². The highest BCUT2D eigenvalue weighted by atomic mass is 35.5. The molecule has 0 aromatic heterocycles. The van der Waals surface area contributed by atoms with E-state index in [1.165, 1.54) is 22.3 Å². The van der Waals surface area contributed by atoms with E-state index in [1.54, 1.807) is 0 Å². The van der Waals surface area contributed by atoms with Gasteiger partial charge in [-0.05, 0) is 22.3 Å². The Balaban J connectivity index is 0.00000108. The average molecular weight is 246 g/mol. The van der Waals surface area contributed by atoms with E-state index in [0.717, 1.165) is 0 Å². The fourth-order valence-electron chi connectivity index (χ4n) is 2.76. The predicted octanol–water partition coefficient (Wildman–Crippen LogP) is 3.35. The Morgan fingerprint density at radius 2 is 1.29 bits per heavy atom. The topological polar surface area (TPSA) is 26.0 Å². The minimum atomic E-state index is -0.0206. The molecule has 1 nitrogen and oxygen atoms in total. The standard InChI is InChI=1S/C15H15N.ClH/c1-15(10-16)13-8-4-2-6-11(13)12-7-3-5-9-14(12)15;/h2-9H,10,16H2,1H3;1H. The van der Waals surface area contributed by atoms with E-state index in [2.05, 4.69) is 55.5 Å². The summed E-state index contributed by atoms with van der Waals surface area (Å²) in [5, 5.41) is 0. The van der Waals surface area contributed by atoms with Gasteiger partial charge in [0.05, 0.1) is 0 Å². The molecule has 0 heterocycles. The van der Waals surface area contributed by atoms with Crippen LogP contribution in [-0.4, -0.2) is 6.54 Å². The second kappa shape index (κ2) is 4.17. The molecule has 0 aliphatic heterocycles. The largest absolute Gasteiger partial charge is 0.329 e. The summed E-state index contributed by atoms with van der Waals surface area (Å²) >= 11 is 0. The zero-order valence-corrected chi connectivity index (χ0v) is 10.6. The van der Waals surface area contributed by atoms with Gasteiger partial charge in [0.1, 0.15) is 0 Å². The van der Waals surface area contributed by atoms with Crippen LogP contribution in [0.5, 0.6) is 0 Å². The predicted molar refractivity (Wildman–Crippen MR) is 74.6 cm³/mol. The van der Waals surface area contributed by atoms with Crippen LogP contribution in [-0.2, 0) is 5.41 Å². The molecule has 0 radical (unpaired) electrons. The molecule has 0 bridgehead atoms. The molecule has 2 heteroatoms. The molecular weight excluding hydrogens is 230 g/mol. The van der Waals surface area contributed by atoms with Gasteiger partial charge in [-0.1, -0.05) is 55.5 Å². The van der Waals surface area contributed by atoms with Crippen molar-refractivity contribution in [2.24, 2.45) is 5.73 Å². The summed E-state index contributed by atoms with van der Waals surface area (Å²) in [6.45, 7) is 2.89. The molecule has 0 amide bonds. The van der Waals surface area contributed by atoms with Crippen molar-refractivity contribution in [3.8, 4) is 11.1 Å². The third-order valence-corrected chi connectivity index (χ3v) is 3.74. The Kier molecular flexibility index (Phi) is 2.98. The summed E-state index contributed by atoms with van der Waals surface area (Å²) < 4.78 is 0. The molecule has 17 heavy (non-hydrogen) atoms. The van der Waals surface area contributed by atoms with Gasteiger partial charge in [0.2, 0.25) is 0 Å². The summed E-state index contributed by atoms with van der Waals surface area (Å²) in [5.74, 6) is 0. The van der Waals surface area contributed by atoms with Crippen molar-refractivity contribution in [1.82, 2.24) is 0 Å². The van der Waals surface area contributed by atoms with E-state index in [9.17, 15) is 0 Å². The van der Waals surface area contributed by atoms with Gasteiger partial charge in [-0.15, -0.1) is 12.4 Å². The van der Waals surface area contributed by atoms with Crippen molar-refractivity contribution in [2.75, 3.05) is 6.54 Å². The van der Waals surface area contributed by atoms with E-state index in [0.29, 0.717) is 6.54 Å². The maximum atomic E-state index is 6.00. The molecule has 3 rings (SSSR count). The van der Waals surface area contributed by atoms with Gasteiger partial charge in [-0.3, -0.25) is 0 Å². The molecule has 2 aromatic rings. The smallest absolute Gasteiger partial charge is 0.0309 e. The van der Waals surface area contributed by atoms with Crippen LogP contribution >= 0.6 is 12.4 Å². The summed E-state index contributed by atoms with van der Waals surface area (Å²) in [7, 11) is 0. The summed E-state index contributed by atoms with van der Waals surface area (Å²) in [6.07, 6.45) is 0. The molecule has 0 unspecified atom stereocenters. The van der Waals surface area contributed by atoms with Gasteiger partial charge >= 0.3 is 0 Å². The Bertz CT molecular complexity index is 503. The number of hydrogen-bond donors (Lipinski definition) is 1. The number of hydrogen-bond acceptors (Lipinski definition) is 1. The molecule has 0 spiro atoms. The van der Waals surface area contributed by atoms with Gasteiger partial charge in [-0.2, -0.15) is 0 Å². The lowest BCUT2D eigenvalue weighted by Crippen LogP contribution is -2.30. The highest BCUT2D eigenvalue weighted by molar-refractivity contribution is 5.85. The fourth-order valence-corrected chi connectivity index (χ4v) is 2.76. The molecular formula is C15H16ClN. The maximum Gasteiger partial charge on any atom is 0.0309 e. The van der Waals surface area contributed by atoms with Gasteiger partial charge in [-0.25, -0.2) is 0 Å². The van der Waals surface area contributed by atoms with Crippen LogP contribution < -0.4 is 5.73 Å². The lowest BCUT2D eigenvalue weighted by molar-refractivity contribution is 0.600. The highest BCUT2D eigenvalue weighted by Crippen LogP contribution is 2.47. The first-order valence-corrected chi connectivity index (χ1v) is 5.67. The van der Waals surface area contributed by atoms with Crippen molar-refractivity contribution in [3.05, 3.63) is 59.7 Å². The maximum absolute atomic E-state index is 6.00. The first kappa shape index (κ1) is 12.2. The van der Waals surface area contributed by atoms with Gasteiger partial charge in [0.15, 0.2) is 0 Å². The number of halogens is 1. The third kappa shape index (κ3) is 1.50. The van der Waals surface area contributed by atoms with E-state index in [4.69, 9.17) is 5.73 Å². The molecule has 0 fully saturated rings. The number of nitrogens with two attached hydrogens (primary N) is 1. The molecule has 0 atom stereocenters. The van der Waals surface area contributed by atoms with E-state index in [-0.39, 0.29) is 17.8 Å². The van der Waals surface area contributed by atoms with Crippen LogP contribution in [0.4, 0.5) is 0 Å². The van der Waals surface area contributed by atoms with Crippen LogP contribution in [0.15, 0.2) is 48.5 Å². The minimum absolute atomic E-state index is 0. The minimum Gasteiger partial charge on any atom is -0.329 e. The monoisotopic (exact) mass is 245 g/mol. The van der Waals surface area contributed by atoms with Crippen LogP contribution in [0.3, 0.4) is 0 Å². The third-order valence-electron chi connectivity index (χ3n) is 3.74. The Labute approximate surface area is 108 Å². The second-order valence-corrected chi connectivity index (χ2v) is 4.63. The zero-order chi connectivity index (χ0) is 11.2. The molecule has 2 aromatic carbocycles. The van der Waals surface area contributed by atoms with Crippen molar-refractivity contribution in [1.29, 1.82) is 0 Å². The molecule has 88 valence electrons. The quantitative estimate of drug-likeness (QED) is 0.819. The normalized spacial score (nSPS) is 14.7. The lowest BCUT2D eigenvalue weighted by Gasteiger charge is -2.25. The van der Waals surface area contributed by atoms with E-state index < -0.39 is 0 Å². The Morgan fingerprint density at radius 3 is 1.71 bits per heavy atom. The van der Waals surface area contributed by atoms with Crippen molar-refractivity contribution in [3.63, 3.8) is 0 Å². The molecule has 0 saturated heterocycles. The van der Waals surface area contributed by atoms with Crippen molar-refractivity contribution in [2.45, 2.75) is 12.3 Å². The van der Waals surface area contributed by atoms with Gasteiger partial charge in [0.25, 0.3) is 0 Å². The lowest BCUT2D eigenvalue weighted by atomic mass is 9.80. The van der Waals surface area contributed by atoms with Crippen LogP contribution in [0.1, 0.15) is 18.1 Å². The SMILES string of the molecule is CC1(CN)c2ccccc2-c2ccccc21.Cl. The molecule has 1 aliphatic rings. The first-order chi connectivity index (χ1) is 7.77. The van der Waals surface area contributed by atoms with Crippen molar-refractivity contribution < 1.29 is 0 Å². The first-order valence-electron chi connectivity index (χ1n) is 5.67. The fraction of sp³-hybridized carbons (Fsp3) is 0.200. The number of rotatable bonds is 1. The summed E-state index contributed by atoms with van der Waals surface area (Å²) in [6, 6.07) is 17.2. The van der Waals surface area contributed by atoms with E-state index in [1.807, 2.05) is 0 Å². The van der Waals surface area contributed by atoms with Crippen LogP contribution in [0.25, 0.3) is 11.1 Å². The summed E-state index contributed by atoms with van der Waals surface area (Å²) in [4.78, 5) is 0. The van der Waals surface area contributed by atoms with Crippen LogP contribution in [0, 0.1) is 0 Å². The number of fused-ring (bicyclic) bond motifs is 3.